The summed E-state index contributed by atoms with van der Waals surface area (Å²) in [5.74, 6) is 0.318. The summed E-state index contributed by atoms with van der Waals surface area (Å²) in [7, 11) is 0. The van der Waals surface area contributed by atoms with E-state index >= 15 is 0 Å². The van der Waals surface area contributed by atoms with Gasteiger partial charge in [-0.25, -0.2) is 19.2 Å². The highest BCUT2D eigenvalue weighted by Crippen LogP contribution is 2.40. The van der Waals surface area contributed by atoms with Crippen LogP contribution in [-0.4, -0.2) is 46.4 Å². The molecule has 12 nitrogen and oxygen atoms in total. The van der Waals surface area contributed by atoms with Gasteiger partial charge in [0, 0.05) is 28.6 Å². The zero-order chi connectivity index (χ0) is 46.9. The van der Waals surface area contributed by atoms with Crippen LogP contribution >= 0.6 is 0 Å². The summed E-state index contributed by atoms with van der Waals surface area (Å²) in [6.45, 7) is 0.186. The fourth-order valence-corrected chi connectivity index (χ4v) is 9.06. The van der Waals surface area contributed by atoms with Gasteiger partial charge in [-0.2, -0.15) is 0 Å². The van der Waals surface area contributed by atoms with Crippen molar-refractivity contribution >= 4 is 35.3 Å². The third-order valence-corrected chi connectivity index (χ3v) is 12.7. The molecule has 2 fully saturated rings. The summed E-state index contributed by atoms with van der Waals surface area (Å²) in [5.41, 5.74) is 4.27. The second-order valence-electron chi connectivity index (χ2n) is 17.4. The lowest BCUT2D eigenvalue weighted by Crippen LogP contribution is -2.41. The van der Waals surface area contributed by atoms with Gasteiger partial charge in [-0.1, -0.05) is 172 Å². The van der Waals surface area contributed by atoms with Crippen LogP contribution in [0.15, 0.2) is 146 Å². The Morgan fingerprint density at radius 2 is 0.809 bits per heavy atom. The molecule has 0 unspecified atom stereocenters. The topological polar surface area (TPSA) is 130 Å². The maximum Gasteiger partial charge on any atom is 0.514 e. The highest BCUT2D eigenvalue weighted by Gasteiger charge is 2.32. The van der Waals surface area contributed by atoms with E-state index in [0.29, 0.717) is 21.9 Å². The average molecular weight is 919 g/mol. The van der Waals surface area contributed by atoms with Gasteiger partial charge < -0.3 is 38.2 Å². The molecule has 2 aliphatic rings. The minimum atomic E-state index is -0.946. The van der Waals surface area contributed by atoms with Gasteiger partial charge >= 0.3 is 24.5 Å². The Labute approximate surface area is 397 Å². The Bertz CT molecular complexity index is 2580. The SMILES string of the molecule is O=C(OCc1ccccc1)Oc1ccc2c(OC(=O)OCc3ccccc3)c(CN(C(=O)OCc3ccccc3)C3CCCCC3)ccc2c1CN(C(=O)OCc1ccccc1)C1CCCCC1. The first-order valence-electron chi connectivity index (χ1n) is 23.7. The fraction of sp³-hybridized carbons (Fsp3) is 0.321. The van der Waals surface area contributed by atoms with Gasteiger partial charge in [-0.05, 0) is 65.5 Å². The molecule has 12 heteroatoms. The summed E-state index contributed by atoms with van der Waals surface area (Å²) in [6, 6.07) is 44.3. The van der Waals surface area contributed by atoms with Crippen molar-refractivity contribution in [2.45, 2.75) is 116 Å². The molecule has 0 radical (unpaired) electrons. The lowest BCUT2D eigenvalue weighted by molar-refractivity contribution is 0.0669. The van der Waals surface area contributed by atoms with Crippen LogP contribution in [0, 0.1) is 0 Å². The molecule has 2 saturated carbocycles. The van der Waals surface area contributed by atoms with Gasteiger partial charge in [0.25, 0.3) is 0 Å². The maximum absolute atomic E-state index is 14.3. The largest absolute Gasteiger partial charge is 0.514 e. The molecule has 0 aliphatic heterocycles. The summed E-state index contributed by atoms with van der Waals surface area (Å²) >= 11 is 0. The third kappa shape index (κ3) is 13.0. The van der Waals surface area contributed by atoms with E-state index in [0.717, 1.165) is 86.5 Å². The molecule has 0 heterocycles. The summed E-state index contributed by atoms with van der Waals surface area (Å²) < 4.78 is 35.4. The van der Waals surface area contributed by atoms with Crippen molar-refractivity contribution in [3.05, 3.63) is 179 Å². The van der Waals surface area contributed by atoms with Gasteiger partial charge in [0.2, 0.25) is 0 Å². The number of rotatable bonds is 16. The first-order valence-corrected chi connectivity index (χ1v) is 23.7. The number of benzene rings is 6. The summed E-state index contributed by atoms with van der Waals surface area (Å²) in [4.78, 5) is 59.2. The highest BCUT2D eigenvalue weighted by molar-refractivity contribution is 5.95. The molecule has 0 aromatic heterocycles. The van der Waals surface area contributed by atoms with Gasteiger partial charge in [0.1, 0.15) is 37.9 Å². The van der Waals surface area contributed by atoms with E-state index in [4.69, 9.17) is 28.4 Å². The standard InChI is InChI=1S/C56H58N2O10/c59-53(63-37-41-19-7-1-8-20-41)57(46-27-15-5-16-28-46)35-45-31-32-48-49(52(45)68-56(62)66-40-44-25-13-4-14-26-44)33-34-51(67-55(61)65-39-43-23-11-3-12-24-43)50(48)36-58(47-29-17-6-18-30-47)54(60)64-38-42-21-9-2-10-22-42/h1-4,7-14,19-26,31-34,46-47H,5-6,15-18,27-30,35-40H2. The number of carbonyl (C=O) groups excluding carboxylic acids is 4. The minimum absolute atomic E-state index is 0.00577. The number of carbonyl (C=O) groups is 4. The van der Waals surface area contributed by atoms with E-state index in [1.807, 2.05) is 133 Å². The number of hydrogen-bond acceptors (Lipinski definition) is 10. The predicted molar refractivity (Wildman–Crippen MR) is 257 cm³/mol. The normalized spacial score (nSPS) is 14.1. The van der Waals surface area contributed by atoms with Crippen LogP contribution < -0.4 is 9.47 Å². The maximum atomic E-state index is 14.3. The molecule has 0 spiro atoms. The van der Waals surface area contributed by atoms with Crippen LogP contribution in [0.5, 0.6) is 11.5 Å². The van der Waals surface area contributed by atoms with Crippen LogP contribution in [0.2, 0.25) is 0 Å². The Balaban J connectivity index is 1.18. The molecule has 0 bridgehead atoms. The van der Waals surface area contributed by atoms with Crippen molar-refractivity contribution in [2.24, 2.45) is 0 Å². The van der Waals surface area contributed by atoms with Crippen LogP contribution in [0.4, 0.5) is 19.2 Å². The highest BCUT2D eigenvalue weighted by atomic mass is 16.7. The molecular weight excluding hydrogens is 861 g/mol. The molecule has 2 amide bonds. The number of nitrogens with zero attached hydrogens (tertiary/aromatic N) is 2. The Kier molecular flexibility index (Phi) is 16.6. The molecule has 2 aliphatic carbocycles. The molecule has 6 aromatic rings. The Morgan fingerprint density at radius 3 is 1.26 bits per heavy atom. The van der Waals surface area contributed by atoms with Crippen molar-refractivity contribution in [1.29, 1.82) is 0 Å². The predicted octanol–water partition coefficient (Wildman–Crippen LogP) is 13.2. The monoisotopic (exact) mass is 918 g/mol. The molecule has 68 heavy (non-hydrogen) atoms. The quantitative estimate of drug-likeness (QED) is 0.0525. The van der Waals surface area contributed by atoms with E-state index in [-0.39, 0.29) is 63.1 Å². The number of fused-ring (bicyclic) bond motifs is 1. The van der Waals surface area contributed by atoms with E-state index in [1.54, 1.807) is 21.9 Å². The molecule has 8 rings (SSSR count). The summed E-state index contributed by atoms with van der Waals surface area (Å²) in [6.07, 6.45) is 6.21. The first-order chi connectivity index (χ1) is 33.4. The van der Waals surface area contributed by atoms with Crippen molar-refractivity contribution in [1.82, 2.24) is 9.80 Å². The molecule has 6 aromatic carbocycles. The van der Waals surface area contributed by atoms with Crippen molar-refractivity contribution in [2.75, 3.05) is 0 Å². The second kappa shape index (κ2) is 23.9. The second-order valence-corrected chi connectivity index (χ2v) is 17.4. The summed E-state index contributed by atoms with van der Waals surface area (Å²) in [5, 5.41) is 1.02. The lowest BCUT2D eigenvalue weighted by Gasteiger charge is -2.35. The van der Waals surface area contributed by atoms with Crippen molar-refractivity contribution in [3.63, 3.8) is 0 Å². The van der Waals surface area contributed by atoms with Gasteiger partial charge in [-0.15, -0.1) is 0 Å². The van der Waals surface area contributed by atoms with Gasteiger partial charge in [0.15, 0.2) is 0 Å². The van der Waals surface area contributed by atoms with E-state index in [2.05, 4.69) is 0 Å². The molecule has 0 saturated heterocycles. The zero-order valence-corrected chi connectivity index (χ0v) is 38.3. The van der Waals surface area contributed by atoms with Crippen molar-refractivity contribution in [3.8, 4) is 11.5 Å². The number of hydrogen-bond donors (Lipinski definition) is 0. The molecule has 0 N–H and O–H groups in total. The molecule has 352 valence electrons. The smallest absolute Gasteiger partial charge is 0.445 e. The van der Waals surface area contributed by atoms with E-state index in [1.165, 1.54) is 0 Å². The zero-order valence-electron chi connectivity index (χ0n) is 38.3. The first kappa shape index (κ1) is 47.2. The lowest BCUT2D eigenvalue weighted by atomic mass is 9.93. The minimum Gasteiger partial charge on any atom is -0.445 e. The van der Waals surface area contributed by atoms with Crippen molar-refractivity contribution < 1.29 is 47.6 Å². The van der Waals surface area contributed by atoms with Crippen LogP contribution in [-0.2, 0) is 58.5 Å². The van der Waals surface area contributed by atoms with E-state index < -0.39 is 24.5 Å². The van der Waals surface area contributed by atoms with Crippen LogP contribution in [0.1, 0.15) is 97.6 Å². The fourth-order valence-electron chi connectivity index (χ4n) is 9.06. The average Bonchev–Trinajstić information content (AvgIpc) is 3.39. The molecular formula is C56H58N2O10. The Morgan fingerprint density at radius 1 is 0.412 bits per heavy atom. The van der Waals surface area contributed by atoms with Crippen LogP contribution in [0.25, 0.3) is 10.8 Å². The Hall–Kier alpha value is -7.34. The number of amides is 2. The number of ether oxygens (including phenoxy) is 6. The van der Waals surface area contributed by atoms with Gasteiger partial charge in [0.05, 0.1) is 13.1 Å². The molecule has 0 atom stereocenters. The van der Waals surface area contributed by atoms with Crippen LogP contribution in [0.3, 0.4) is 0 Å². The third-order valence-electron chi connectivity index (χ3n) is 12.7. The van der Waals surface area contributed by atoms with E-state index in [9.17, 15) is 19.2 Å². The van der Waals surface area contributed by atoms with Gasteiger partial charge in [-0.3, -0.25) is 0 Å².